The fourth-order valence-corrected chi connectivity index (χ4v) is 2.66. The Balaban J connectivity index is 2.09. The van der Waals surface area contributed by atoms with Crippen LogP contribution in [0.25, 0.3) is 0 Å². The predicted octanol–water partition coefficient (Wildman–Crippen LogP) is 5.56. The van der Waals surface area contributed by atoms with E-state index in [-0.39, 0.29) is 0 Å². The van der Waals surface area contributed by atoms with Crippen LogP contribution in [-0.2, 0) is 0 Å². The van der Waals surface area contributed by atoms with Gasteiger partial charge in [-0.2, -0.15) is 0 Å². The lowest BCUT2D eigenvalue weighted by atomic mass is 10.0. The van der Waals surface area contributed by atoms with Crippen molar-refractivity contribution in [1.82, 2.24) is 5.32 Å². The highest BCUT2D eigenvalue weighted by atomic mass is 79.9. The van der Waals surface area contributed by atoms with Gasteiger partial charge >= 0.3 is 0 Å². The number of aryl methyl sites for hydroxylation is 1. The highest BCUT2D eigenvalue weighted by Crippen LogP contribution is 2.23. The summed E-state index contributed by atoms with van der Waals surface area (Å²) in [5.74, 6) is 0. The zero-order valence-electron chi connectivity index (χ0n) is 12.4. The monoisotopic (exact) mass is 331 g/mol. The minimum absolute atomic E-state index is 0.351. The summed E-state index contributed by atoms with van der Waals surface area (Å²) in [4.78, 5) is 0. The van der Waals surface area contributed by atoms with E-state index in [0.717, 1.165) is 10.9 Å². The third kappa shape index (κ3) is 3.94. The van der Waals surface area contributed by atoms with Crippen LogP contribution in [0.3, 0.4) is 0 Å². The van der Waals surface area contributed by atoms with Crippen LogP contribution in [0.4, 0.5) is 0 Å². The number of benzene rings is 2. The van der Waals surface area contributed by atoms with Crippen molar-refractivity contribution in [2.24, 2.45) is 0 Å². The molecule has 0 aliphatic heterocycles. The van der Waals surface area contributed by atoms with Crippen LogP contribution in [0, 0.1) is 6.92 Å². The van der Waals surface area contributed by atoms with E-state index >= 15 is 0 Å². The molecule has 0 heterocycles. The maximum atomic E-state index is 3.72. The van der Waals surface area contributed by atoms with Crippen LogP contribution in [0.2, 0.25) is 0 Å². The number of halogens is 1. The van der Waals surface area contributed by atoms with E-state index in [1.165, 1.54) is 16.7 Å². The summed E-state index contributed by atoms with van der Waals surface area (Å²) in [7, 11) is 0. The second-order valence-corrected chi connectivity index (χ2v) is 6.23. The molecule has 1 nitrogen and oxygen atoms in total. The Bertz CT molecular complexity index is 530. The third-order valence-electron chi connectivity index (χ3n) is 3.71. The Morgan fingerprint density at radius 3 is 2.05 bits per heavy atom. The predicted molar refractivity (Wildman–Crippen MR) is 89.9 cm³/mol. The van der Waals surface area contributed by atoms with E-state index in [9.17, 15) is 0 Å². The first kappa shape index (κ1) is 15.3. The summed E-state index contributed by atoms with van der Waals surface area (Å²) in [5, 5.41) is 3.72. The molecule has 0 radical (unpaired) electrons. The molecule has 2 rings (SSSR count). The molecule has 106 valence electrons. The van der Waals surface area contributed by atoms with Gasteiger partial charge < -0.3 is 5.32 Å². The van der Waals surface area contributed by atoms with Crippen molar-refractivity contribution in [2.45, 2.75) is 39.3 Å². The van der Waals surface area contributed by atoms with Crippen molar-refractivity contribution in [2.75, 3.05) is 0 Å². The van der Waals surface area contributed by atoms with Gasteiger partial charge in [0.05, 0.1) is 0 Å². The normalized spacial score (nSPS) is 14.0. The van der Waals surface area contributed by atoms with E-state index in [0.29, 0.717) is 12.1 Å². The summed E-state index contributed by atoms with van der Waals surface area (Å²) in [6, 6.07) is 18.1. The van der Waals surface area contributed by atoms with E-state index in [4.69, 9.17) is 0 Å². The first-order chi connectivity index (χ1) is 9.60. The highest BCUT2D eigenvalue weighted by molar-refractivity contribution is 9.10. The molecule has 0 bridgehead atoms. The molecule has 0 fully saturated rings. The van der Waals surface area contributed by atoms with E-state index in [1.54, 1.807) is 0 Å². The van der Waals surface area contributed by atoms with E-state index in [2.05, 4.69) is 90.5 Å². The summed E-state index contributed by atoms with van der Waals surface area (Å²) in [5.41, 5.74) is 3.99. The summed E-state index contributed by atoms with van der Waals surface area (Å²) in [6.07, 6.45) is 1.08. The Morgan fingerprint density at radius 2 is 1.50 bits per heavy atom. The van der Waals surface area contributed by atoms with Gasteiger partial charge in [-0.1, -0.05) is 64.8 Å². The van der Waals surface area contributed by atoms with Crippen LogP contribution in [0.1, 0.15) is 49.0 Å². The van der Waals surface area contributed by atoms with Crippen molar-refractivity contribution in [3.8, 4) is 0 Å². The summed E-state index contributed by atoms with van der Waals surface area (Å²) >= 11 is 3.49. The number of hydrogen-bond acceptors (Lipinski definition) is 1. The SMILES string of the molecule is CCC(N[C@H](C)c1ccc(C)cc1)c1ccc(Br)cc1. The zero-order valence-corrected chi connectivity index (χ0v) is 13.9. The van der Waals surface area contributed by atoms with Crippen molar-refractivity contribution in [1.29, 1.82) is 0 Å². The van der Waals surface area contributed by atoms with Crippen LogP contribution in [0.5, 0.6) is 0 Å². The Labute approximate surface area is 130 Å². The molecule has 1 unspecified atom stereocenters. The summed E-state index contributed by atoms with van der Waals surface area (Å²) in [6.45, 7) is 6.58. The standard InChI is InChI=1S/C18H22BrN/c1-4-18(16-9-11-17(19)12-10-16)20-14(3)15-7-5-13(2)6-8-15/h5-12,14,18,20H,4H2,1-3H3/t14-,18?/m1/s1. The van der Waals surface area contributed by atoms with Gasteiger partial charge in [-0.05, 0) is 43.5 Å². The molecule has 2 heteroatoms. The molecule has 1 N–H and O–H groups in total. The lowest BCUT2D eigenvalue weighted by Gasteiger charge is -2.23. The quantitative estimate of drug-likeness (QED) is 0.756. The second kappa shape index (κ2) is 7.05. The van der Waals surface area contributed by atoms with Gasteiger partial charge in [0, 0.05) is 16.6 Å². The average molecular weight is 332 g/mol. The maximum Gasteiger partial charge on any atom is 0.0323 e. The van der Waals surface area contributed by atoms with Gasteiger partial charge in [0.2, 0.25) is 0 Å². The molecule has 0 amide bonds. The number of rotatable bonds is 5. The topological polar surface area (TPSA) is 12.0 Å². The smallest absolute Gasteiger partial charge is 0.0323 e. The zero-order chi connectivity index (χ0) is 14.5. The van der Waals surface area contributed by atoms with Gasteiger partial charge in [0.1, 0.15) is 0 Å². The number of hydrogen-bond donors (Lipinski definition) is 1. The molecule has 2 atom stereocenters. The Hall–Kier alpha value is -1.12. The van der Waals surface area contributed by atoms with Gasteiger partial charge in [-0.3, -0.25) is 0 Å². The van der Waals surface area contributed by atoms with Crippen LogP contribution in [-0.4, -0.2) is 0 Å². The van der Waals surface area contributed by atoms with Gasteiger partial charge in [-0.15, -0.1) is 0 Å². The van der Waals surface area contributed by atoms with Crippen molar-refractivity contribution in [3.05, 3.63) is 69.7 Å². The molecule has 0 saturated carbocycles. The number of nitrogens with one attached hydrogen (secondary N) is 1. The minimum atomic E-state index is 0.351. The molecule has 0 saturated heterocycles. The van der Waals surface area contributed by atoms with E-state index in [1.807, 2.05) is 0 Å². The first-order valence-electron chi connectivity index (χ1n) is 7.18. The van der Waals surface area contributed by atoms with Crippen molar-refractivity contribution < 1.29 is 0 Å². The van der Waals surface area contributed by atoms with Crippen molar-refractivity contribution >= 4 is 15.9 Å². The Morgan fingerprint density at radius 1 is 0.950 bits per heavy atom. The minimum Gasteiger partial charge on any atom is -0.303 e. The van der Waals surface area contributed by atoms with E-state index < -0.39 is 0 Å². The summed E-state index contributed by atoms with van der Waals surface area (Å²) < 4.78 is 1.13. The fourth-order valence-electron chi connectivity index (χ4n) is 2.40. The first-order valence-corrected chi connectivity index (χ1v) is 7.97. The molecule has 2 aromatic carbocycles. The lowest BCUT2D eigenvalue weighted by Crippen LogP contribution is -2.24. The molecule has 0 aliphatic rings. The van der Waals surface area contributed by atoms with Crippen molar-refractivity contribution in [3.63, 3.8) is 0 Å². The largest absolute Gasteiger partial charge is 0.303 e. The molecule has 0 aromatic heterocycles. The van der Waals surface area contributed by atoms with Crippen LogP contribution >= 0.6 is 15.9 Å². The molecular formula is C18H22BrN. The molecule has 2 aromatic rings. The highest BCUT2D eigenvalue weighted by Gasteiger charge is 2.13. The fraction of sp³-hybridized carbons (Fsp3) is 0.333. The molecule has 0 aliphatic carbocycles. The van der Waals surface area contributed by atoms with Crippen LogP contribution < -0.4 is 5.32 Å². The second-order valence-electron chi connectivity index (χ2n) is 5.31. The van der Waals surface area contributed by atoms with Gasteiger partial charge in [0.25, 0.3) is 0 Å². The Kier molecular flexibility index (Phi) is 5.38. The molecular weight excluding hydrogens is 310 g/mol. The average Bonchev–Trinajstić information content (AvgIpc) is 2.46. The third-order valence-corrected chi connectivity index (χ3v) is 4.24. The van der Waals surface area contributed by atoms with Gasteiger partial charge in [0.15, 0.2) is 0 Å². The molecule has 20 heavy (non-hydrogen) atoms. The maximum absolute atomic E-state index is 3.72. The van der Waals surface area contributed by atoms with Crippen LogP contribution in [0.15, 0.2) is 53.0 Å². The van der Waals surface area contributed by atoms with Gasteiger partial charge in [-0.25, -0.2) is 0 Å². The lowest BCUT2D eigenvalue weighted by molar-refractivity contribution is 0.456. The molecule has 0 spiro atoms.